The molecular formula is C41H51ClFN7O8. The number of ether oxygens (including phenoxy) is 1. The van der Waals surface area contributed by atoms with E-state index in [2.05, 4.69) is 21.3 Å². The number of carbonyl (C=O) groups is 7. The van der Waals surface area contributed by atoms with Crippen LogP contribution in [0.25, 0.3) is 0 Å². The highest BCUT2D eigenvalue weighted by Gasteiger charge is 2.47. The van der Waals surface area contributed by atoms with E-state index in [9.17, 15) is 38.0 Å². The minimum Gasteiger partial charge on any atom is -0.458 e. The smallest absolute Gasteiger partial charge is 0.329 e. The van der Waals surface area contributed by atoms with Gasteiger partial charge < -0.3 is 40.7 Å². The molecule has 0 unspecified atom stereocenters. The number of cyclic esters (lactones) is 1. The van der Waals surface area contributed by atoms with Gasteiger partial charge in [-0.1, -0.05) is 48.4 Å². The van der Waals surface area contributed by atoms with Crippen LogP contribution in [-0.2, 0) is 39.9 Å². The Hall–Kier alpha value is -5.25. The number of carbonyl (C=O) groups excluding carboxylic acids is 7. The summed E-state index contributed by atoms with van der Waals surface area (Å²) >= 11 is 5.88. The summed E-state index contributed by atoms with van der Waals surface area (Å²) in [5.41, 5.74) is 1.37. The zero-order chi connectivity index (χ0) is 41.8. The van der Waals surface area contributed by atoms with Gasteiger partial charge >= 0.3 is 12.0 Å². The van der Waals surface area contributed by atoms with Gasteiger partial charge in [0.1, 0.15) is 48.2 Å². The number of hydrogen-bond acceptors (Lipinski definition) is 8. The number of nitrogens with zero attached hydrogens (tertiary/aromatic N) is 3. The standard InChI is InChI=1S/C41H51ClFN7O8/c1-22-9-7-10-26(17-22)19-30(46-41(57)45-29-14-13-27(42)20-28(29)43)35(51)47-34-25(4)58-40(56)33-18-23(2)21-50(33)37(53)24(3)44-36(52)31-11-5-6-15-48(31)38(54)32-12-8-16-49(32)39(34)55/h7,9-10,13-14,17,20,23-25,30-34H,5-6,8,11-12,15-16,18-19,21H2,1-4H3,(H,44,52)(H,47,51)(H2,45,46,57)/t23-,24-,25-,30-,31-,32-,33-,34-/m0/s1. The molecule has 15 nitrogen and oxygen atoms in total. The number of urea groups is 1. The lowest BCUT2D eigenvalue weighted by Crippen LogP contribution is -2.63. The monoisotopic (exact) mass is 823 g/mol. The molecule has 4 saturated heterocycles. The Bertz CT molecular complexity index is 1950. The van der Waals surface area contributed by atoms with Crippen LogP contribution in [0.2, 0.25) is 5.02 Å². The van der Waals surface area contributed by atoms with E-state index in [1.807, 2.05) is 26.0 Å². The van der Waals surface area contributed by atoms with E-state index in [0.29, 0.717) is 37.7 Å². The quantitative estimate of drug-likeness (QED) is 0.320. The van der Waals surface area contributed by atoms with Gasteiger partial charge in [0, 0.05) is 31.1 Å². The van der Waals surface area contributed by atoms with Crippen LogP contribution in [0.5, 0.6) is 0 Å². The molecule has 0 aliphatic carbocycles. The van der Waals surface area contributed by atoms with Crippen LogP contribution in [0, 0.1) is 18.7 Å². The molecule has 4 N–H and O–H groups in total. The predicted molar refractivity (Wildman–Crippen MR) is 211 cm³/mol. The lowest BCUT2D eigenvalue weighted by atomic mass is 9.99. The number of halogens is 2. The maximum Gasteiger partial charge on any atom is 0.329 e. The Kier molecular flexibility index (Phi) is 13.2. The molecule has 0 saturated carbocycles. The third-order valence-corrected chi connectivity index (χ3v) is 11.6. The second-order valence-electron chi connectivity index (χ2n) is 15.9. The van der Waals surface area contributed by atoms with E-state index >= 15 is 0 Å². The van der Waals surface area contributed by atoms with Gasteiger partial charge in [0.25, 0.3) is 0 Å². The van der Waals surface area contributed by atoms with Crippen LogP contribution < -0.4 is 21.3 Å². The van der Waals surface area contributed by atoms with Gasteiger partial charge in [0.2, 0.25) is 29.5 Å². The summed E-state index contributed by atoms with van der Waals surface area (Å²) in [7, 11) is 0. The van der Waals surface area contributed by atoms with Gasteiger partial charge in [0.15, 0.2) is 0 Å². The van der Waals surface area contributed by atoms with Crippen molar-refractivity contribution in [1.82, 2.24) is 30.7 Å². The first-order valence-electron chi connectivity index (χ1n) is 19.9. The number of esters is 1. The lowest BCUT2D eigenvalue weighted by Gasteiger charge is -2.39. The van der Waals surface area contributed by atoms with Gasteiger partial charge in [0.05, 0.1) is 5.69 Å². The molecule has 0 radical (unpaired) electrons. The van der Waals surface area contributed by atoms with Crippen LogP contribution in [0.15, 0.2) is 42.5 Å². The second kappa shape index (κ2) is 18.1. The maximum atomic E-state index is 14.7. The highest BCUT2D eigenvalue weighted by molar-refractivity contribution is 6.30. The van der Waals surface area contributed by atoms with Crippen molar-refractivity contribution in [2.45, 2.75) is 115 Å². The van der Waals surface area contributed by atoms with Gasteiger partial charge in [-0.25, -0.2) is 14.0 Å². The molecule has 6 rings (SSSR count). The van der Waals surface area contributed by atoms with Crippen molar-refractivity contribution in [2.75, 3.05) is 25.0 Å². The number of piperidine rings is 1. The average Bonchev–Trinajstić information content (AvgIpc) is 3.84. The summed E-state index contributed by atoms with van der Waals surface area (Å²) in [4.78, 5) is 102. The second-order valence-corrected chi connectivity index (χ2v) is 16.3. The topological polar surface area (TPSA) is 187 Å². The fourth-order valence-corrected chi connectivity index (χ4v) is 8.57. The summed E-state index contributed by atoms with van der Waals surface area (Å²) in [6.45, 7) is 7.41. The number of fused-ring (bicyclic) bond motifs is 3. The van der Waals surface area contributed by atoms with Crippen LogP contribution >= 0.6 is 11.6 Å². The average molecular weight is 824 g/mol. The molecule has 8 atom stereocenters. The van der Waals surface area contributed by atoms with Crippen LogP contribution in [-0.4, -0.2) is 118 Å². The summed E-state index contributed by atoms with van der Waals surface area (Å²) in [6.07, 6.45) is 1.39. The summed E-state index contributed by atoms with van der Waals surface area (Å²) in [5, 5.41) is 10.6. The molecule has 0 bridgehead atoms. The number of rotatable bonds is 6. The maximum absolute atomic E-state index is 14.7. The molecule has 0 aromatic heterocycles. The van der Waals surface area contributed by atoms with Crippen LogP contribution in [0.3, 0.4) is 0 Å². The first kappa shape index (κ1) is 42.4. The lowest BCUT2D eigenvalue weighted by molar-refractivity contribution is -0.163. The summed E-state index contributed by atoms with van der Waals surface area (Å²) in [6, 6.07) is 3.27. The van der Waals surface area contributed by atoms with E-state index in [1.165, 1.54) is 33.8 Å². The minimum absolute atomic E-state index is 0.0441. The molecule has 4 fully saturated rings. The van der Waals surface area contributed by atoms with Crippen molar-refractivity contribution >= 4 is 58.8 Å². The first-order chi connectivity index (χ1) is 27.6. The number of aryl methyl sites for hydroxylation is 1. The van der Waals surface area contributed by atoms with Crippen molar-refractivity contribution in [2.24, 2.45) is 5.92 Å². The molecule has 7 amide bonds. The molecule has 17 heteroatoms. The highest BCUT2D eigenvalue weighted by Crippen LogP contribution is 2.29. The summed E-state index contributed by atoms with van der Waals surface area (Å²) in [5.74, 6) is -4.60. The SMILES string of the molecule is Cc1cccc(C[C@H](NC(=O)Nc2ccc(Cl)cc2F)C(=O)N[C@@H]2C(=O)N3CCC[C@H]3C(=O)N3CCCC[C@H]3C(=O)N[C@@H](C)C(=O)N3C[C@@H](C)C[C@H]3C(=O)O[C@H]2C)c1. The number of amides is 7. The van der Waals surface area contributed by atoms with E-state index < -0.39 is 89.7 Å². The molecule has 2 aromatic rings. The van der Waals surface area contributed by atoms with Crippen molar-refractivity contribution in [3.05, 3.63) is 64.4 Å². The van der Waals surface area contributed by atoms with Crippen molar-refractivity contribution in [1.29, 1.82) is 0 Å². The van der Waals surface area contributed by atoms with Crippen LogP contribution in [0.1, 0.15) is 70.4 Å². The Morgan fingerprint density at radius 3 is 2.36 bits per heavy atom. The fourth-order valence-electron chi connectivity index (χ4n) is 8.41. The molecule has 2 aromatic carbocycles. The fraction of sp³-hybridized carbons (Fsp3) is 0.537. The molecule has 4 heterocycles. The van der Waals surface area contributed by atoms with Gasteiger partial charge in [-0.2, -0.15) is 0 Å². The van der Waals surface area contributed by atoms with E-state index in [1.54, 1.807) is 19.1 Å². The van der Waals surface area contributed by atoms with E-state index in [-0.39, 0.29) is 49.1 Å². The van der Waals surface area contributed by atoms with Gasteiger partial charge in [-0.15, -0.1) is 0 Å². The van der Waals surface area contributed by atoms with E-state index in [4.69, 9.17) is 16.3 Å². The molecule has 4 aliphatic rings. The van der Waals surface area contributed by atoms with Crippen molar-refractivity contribution in [3.63, 3.8) is 0 Å². The Labute approximate surface area is 341 Å². The summed E-state index contributed by atoms with van der Waals surface area (Å²) < 4.78 is 20.6. The Morgan fingerprint density at radius 1 is 0.897 bits per heavy atom. The number of anilines is 1. The molecular weight excluding hydrogens is 773 g/mol. The molecule has 58 heavy (non-hydrogen) atoms. The third-order valence-electron chi connectivity index (χ3n) is 11.4. The largest absolute Gasteiger partial charge is 0.458 e. The number of hydrogen-bond donors (Lipinski definition) is 4. The number of nitrogens with one attached hydrogen (secondary N) is 4. The molecule has 4 aliphatic heterocycles. The Morgan fingerprint density at radius 2 is 1.62 bits per heavy atom. The normalized spacial score (nSPS) is 27.5. The third kappa shape index (κ3) is 9.54. The first-order valence-corrected chi connectivity index (χ1v) is 20.3. The Balaban J connectivity index is 1.33. The molecule has 0 spiro atoms. The predicted octanol–water partition coefficient (Wildman–Crippen LogP) is 3.06. The van der Waals surface area contributed by atoms with Gasteiger partial charge in [-0.3, -0.25) is 24.0 Å². The highest BCUT2D eigenvalue weighted by atomic mass is 35.5. The zero-order valence-corrected chi connectivity index (χ0v) is 33.9. The zero-order valence-electron chi connectivity index (χ0n) is 33.1. The molecule has 312 valence electrons. The minimum atomic E-state index is -1.54. The van der Waals surface area contributed by atoms with Crippen LogP contribution in [0.4, 0.5) is 14.9 Å². The van der Waals surface area contributed by atoms with E-state index in [0.717, 1.165) is 11.6 Å². The van der Waals surface area contributed by atoms with Gasteiger partial charge in [-0.05, 0) is 89.0 Å². The van der Waals surface area contributed by atoms with Crippen molar-refractivity contribution in [3.8, 4) is 0 Å². The number of benzene rings is 2. The van der Waals surface area contributed by atoms with Crippen molar-refractivity contribution < 1.29 is 42.7 Å².